The fourth-order valence-electron chi connectivity index (χ4n) is 10.8. The molecule has 0 fully saturated rings. The third-order valence-electron chi connectivity index (χ3n) is 16.3. The van der Waals surface area contributed by atoms with Gasteiger partial charge in [-0.25, -0.2) is 33.4 Å². The average molecular weight is 1890 g/mol. The average Bonchev–Trinajstić information content (AvgIpc) is 0.828. The van der Waals surface area contributed by atoms with Gasteiger partial charge >= 0.3 is 7.12 Å². The fourth-order valence-corrected chi connectivity index (χ4v) is 10.8. The Labute approximate surface area is 840 Å². The molecule has 0 atom stereocenters. The van der Waals surface area contributed by atoms with Gasteiger partial charge in [0.05, 0.1) is 0 Å². The van der Waals surface area contributed by atoms with Gasteiger partial charge in [-0.05, 0) is 127 Å². The molecule has 0 amide bonds. The van der Waals surface area contributed by atoms with Crippen LogP contribution >= 0.6 is 0 Å². The molecule has 15 aromatic rings. The number of benzene rings is 15. The predicted octanol–water partition coefficient (Wildman–Crippen LogP) is 35.7. The third kappa shape index (κ3) is 53.1. The second-order valence-corrected chi connectivity index (χ2v) is 24.3. The topological polar surface area (TPSA) is 40.5 Å². The Balaban J connectivity index is -0.000000439. The van der Waals surface area contributed by atoms with Crippen molar-refractivity contribution < 1.29 is 108 Å². The third-order valence-corrected chi connectivity index (χ3v) is 16.3. The zero-order valence-corrected chi connectivity index (χ0v) is 89.1. The van der Waals surface area contributed by atoms with Crippen LogP contribution in [0.1, 0.15) is 189 Å². The van der Waals surface area contributed by atoms with Crippen molar-refractivity contribution in [1.82, 2.24) is 0 Å². The molecule has 0 aliphatic heterocycles. The first kappa shape index (κ1) is 125. The van der Waals surface area contributed by atoms with E-state index in [0.717, 1.165) is 52.6 Å². The summed E-state index contributed by atoms with van der Waals surface area (Å²) in [5.41, 5.74) is 26.1. The van der Waals surface area contributed by atoms with E-state index in [9.17, 15) is 0 Å². The molecule has 0 aliphatic carbocycles. The Morgan fingerprint density at radius 2 is 0.304 bits per heavy atom. The van der Waals surface area contributed by atoms with Gasteiger partial charge in [0, 0.05) is 98.1 Å². The molecule has 653 valence electrons. The molecule has 15 aromatic carbocycles. The van der Waals surface area contributed by atoms with Gasteiger partial charge in [-0.1, -0.05) is 391 Å². The molecule has 15 rings (SSSR count). The van der Waals surface area contributed by atoms with Crippen molar-refractivity contribution in [1.29, 1.82) is 0 Å². The van der Waals surface area contributed by atoms with Gasteiger partial charge in [-0.3, -0.25) is 0 Å². The summed E-state index contributed by atoms with van der Waals surface area (Å²) in [6.07, 6.45) is 4.83. The molecular formula is C119H147BO2Y3-6. The van der Waals surface area contributed by atoms with Crippen LogP contribution in [0, 0.1) is 36.4 Å². The first-order valence-corrected chi connectivity index (χ1v) is 45.1. The zero-order chi connectivity index (χ0) is 91.0. The summed E-state index contributed by atoms with van der Waals surface area (Å²) >= 11 is 0. The quantitative estimate of drug-likeness (QED) is 0.0892. The van der Waals surface area contributed by atoms with Gasteiger partial charge in [-0.15, -0.1) is 36.4 Å². The molecule has 0 spiro atoms. The molecule has 2 nitrogen and oxygen atoms in total. The maximum Gasteiger partial charge on any atom is 0.451 e. The van der Waals surface area contributed by atoms with Crippen LogP contribution in [-0.4, -0.2) is 17.2 Å². The molecule has 2 N–H and O–H groups in total. The van der Waals surface area contributed by atoms with E-state index < -0.39 is 7.12 Å². The number of hydrogen-bond donors (Lipinski definition) is 2. The summed E-state index contributed by atoms with van der Waals surface area (Å²) in [6, 6.07) is 151. The molecular weight excluding hydrogens is 1740 g/mol. The maximum atomic E-state index is 7.92. The van der Waals surface area contributed by atoms with Crippen molar-refractivity contribution in [2.45, 2.75) is 198 Å². The Morgan fingerprint density at radius 3 is 0.400 bits per heavy atom. The Hall–Kier alpha value is -8.40. The van der Waals surface area contributed by atoms with Crippen molar-refractivity contribution in [3.05, 3.63) is 435 Å². The SMILES string of the molecule is CC.CC.CC.CC.CC.CC.CC.CC.CC.CCB(O)O.CCC.CCc1cc(-c2ccccc2)cc(-c2ccccc2)c1.CCc1cc(-c2ccccc2)cc(-c2ccccc2)c1.CCc1cc(-c2ccccc2)cc(-c2ccccc2)c1.[Y].[Y].[Y].[c-]1ccccc1-c1[c-]cccc1.[c-]1ccccc1-c1[c-]cccc1.[c-]1ccccc1-c1[c-]cccc1. The van der Waals surface area contributed by atoms with Crippen LogP contribution < -0.4 is 0 Å². The summed E-state index contributed by atoms with van der Waals surface area (Å²) in [7, 11) is -1.12. The summed E-state index contributed by atoms with van der Waals surface area (Å²) < 4.78 is 0. The van der Waals surface area contributed by atoms with Crippen LogP contribution in [0.15, 0.2) is 382 Å². The summed E-state index contributed by atoms with van der Waals surface area (Å²) in [5.74, 6) is 0. The van der Waals surface area contributed by atoms with E-state index in [-0.39, 0.29) is 98.1 Å². The predicted molar refractivity (Wildman–Crippen MR) is 547 cm³/mol. The molecule has 0 aromatic heterocycles. The first-order valence-electron chi connectivity index (χ1n) is 45.1. The van der Waals surface area contributed by atoms with Crippen LogP contribution in [0.3, 0.4) is 0 Å². The minimum absolute atomic E-state index is 0. The monoisotopic (exact) mass is 1890 g/mol. The first-order chi connectivity index (χ1) is 60.2. The van der Waals surface area contributed by atoms with E-state index in [1.807, 2.05) is 270 Å². The standard InChI is InChI=1S/3C20H18.3C12H8.C3H8.C2H7BO2.9C2H6.3Y/c3*1-2-16-13-19(17-9-5-3-6-10-17)15-20(14-16)18-11-7-4-8-12-18;3*1-3-7-11(8-4-1)12-9-5-2-6-10-12;1-3-2;1-2-3(4)5;9*1-2;;;/h3*3-15H,2H2,1H3;3*1-7,9H;3H2,1-2H3;4-5H,2H2,1H3;9*1-2H3;;;/q;;;3*-2;;;;;;;;;;;;;;. The molecule has 6 heteroatoms. The van der Waals surface area contributed by atoms with Crippen molar-refractivity contribution in [2.24, 2.45) is 0 Å². The molecule has 0 saturated carbocycles. The van der Waals surface area contributed by atoms with Gasteiger partial charge in [-0.2, -0.15) is 146 Å². The van der Waals surface area contributed by atoms with Crippen molar-refractivity contribution in [3.8, 4) is 100 Å². The van der Waals surface area contributed by atoms with Gasteiger partial charge in [0.15, 0.2) is 0 Å². The van der Waals surface area contributed by atoms with Gasteiger partial charge < -0.3 is 10.0 Å². The number of aryl methyl sites for hydroxylation is 3. The minimum Gasteiger partial charge on any atom is -0.427 e. The van der Waals surface area contributed by atoms with E-state index in [4.69, 9.17) is 10.0 Å². The maximum absolute atomic E-state index is 7.92. The van der Waals surface area contributed by atoms with E-state index in [1.165, 1.54) is 89.9 Å². The van der Waals surface area contributed by atoms with Crippen LogP contribution in [0.2, 0.25) is 6.32 Å². The fraction of sp³-hybridized carbons (Fsp3) is 0.244. The van der Waals surface area contributed by atoms with Gasteiger partial charge in [0.2, 0.25) is 0 Å². The van der Waals surface area contributed by atoms with Gasteiger partial charge in [0.25, 0.3) is 0 Å². The molecule has 3 radical (unpaired) electrons. The van der Waals surface area contributed by atoms with Crippen LogP contribution in [0.25, 0.3) is 100 Å². The van der Waals surface area contributed by atoms with E-state index in [0.29, 0.717) is 6.32 Å². The van der Waals surface area contributed by atoms with E-state index >= 15 is 0 Å². The molecule has 0 bridgehead atoms. The second kappa shape index (κ2) is 87.7. The summed E-state index contributed by atoms with van der Waals surface area (Å²) in [5, 5.41) is 15.8. The Kier molecular flexibility index (Phi) is 87.7. The number of hydrogen-bond acceptors (Lipinski definition) is 2. The second-order valence-electron chi connectivity index (χ2n) is 24.3. The van der Waals surface area contributed by atoms with Crippen molar-refractivity contribution in [2.75, 3.05) is 0 Å². The molecule has 0 saturated heterocycles. The van der Waals surface area contributed by atoms with E-state index in [1.54, 1.807) is 6.92 Å². The minimum atomic E-state index is -1.12. The van der Waals surface area contributed by atoms with Crippen LogP contribution in [0.5, 0.6) is 0 Å². The van der Waals surface area contributed by atoms with Crippen molar-refractivity contribution >= 4 is 7.12 Å². The summed E-state index contributed by atoms with van der Waals surface area (Å²) in [6.45, 7) is 48.6. The molecule has 0 heterocycles. The molecule has 0 unspecified atom stereocenters. The van der Waals surface area contributed by atoms with E-state index in [2.05, 4.69) is 308 Å². The smallest absolute Gasteiger partial charge is 0.427 e. The Morgan fingerprint density at radius 1 is 0.184 bits per heavy atom. The van der Waals surface area contributed by atoms with Crippen LogP contribution in [-0.2, 0) is 117 Å². The van der Waals surface area contributed by atoms with Crippen LogP contribution in [0.4, 0.5) is 0 Å². The van der Waals surface area contributed by atoms with Gasteiger partial charge in [0.1, 0.15) is 0 Å². The zero-order valence-electron chi connectivity index (χ0n) is 80.6. The largest absolute Gasteiger partial charge is 0.451 e. The molecule has 125 heavy (non-hydrogen) atoms. The van der Waals surface area contributed by atoms with Crippen molar-refractivity contribution in [3.63, 3.8) is 0 Å². The summed E-state index contributed by atoms with van der Waals surface area (Å²) in [4.78, 5) is 0. The normalized spacial score (nSPS) is 8.69. The number of rotatable bonds is 13. The molecule has 0 aliphatic rings. The Bertz CT molecular complexity index is 3960.